The smallest absolute Gasteiger partial charge is 0.257 e. The highest BCUT2D eigenvalue weighted by Crippen LogP contribution is 2.35. The van der Waals surface area contributed by atoms with Crippen LogP contribution >= 0.6 is 11.3 Å². The van der Waals surface area contributed by atoms with E-state index in [-0.39, 0.29) is 5.60 Å². The van der Waals surface area contributed by atoms with Gasteiger partial charge in [-0.3, -0.25) is 4.90 Å². The lowest BCUT2D eigenvalue weighted by Crippen LogP contribution is -2.49. The van der Waals surface area contributed by atoms with Gasteiger partial charge in [-0.05, 0) is 50.7 Å². The standard InChI is InChI=1S/C18H25N3O2S/c1-3-18(2)12-21(8-9-22-18)11-16-19-20-17(23-16)15-10-13-6-4-5-7-14(13)24-15/h10H,3-9,11-12H2,1-2H3. The van der Waals surface area contributed by atoms with E-state index in [0.29, 0.717) is 18.3 Å². The summed E-state index contributed by atoms with van der Waals surface area (Å²) in [5, 5.41) is 8.56. The molecule has 4 rings (SSSR count). The Morgan fingerprint density at radius 1 is 1.29 bits per heavy atom. The van der Waals surface area contributed by atoms with Crippen LogP contribution in [0, 0.1) is 0 Å². The Labute approximate surface area is 147 Å². The van der Waals surface area contributed by atoms with Crippen molar-refractivity contribution in [1.82, 2.24) is 15.1 Å². The number of morpholine rings is 1. The molecule has 0 spiro atoms. The fourth-order valence-corrected chi connectivity index (χ4v) is 4.75. The van der Waals surface area contributed by atoms with Gasteiger partial charge in [-0.15, -0.1) is 21.5 Å². The van der Waals surface area contributed by atoms with E-state index < -0.39 is 0 Å². The van der Waals surface area contributed by atoms with E-state index in [0.717, 1.165) is 31.0 Å². The zero-order valence-corrected chi connectivity index (χ0v) is 15.3. The van der Waals surface area contributed by atoms with Gasteiger partial charge < -0.3 is 9.15 Å². The zero-order valence-electron chi connectivity index (χ0n) is 14.5. The monoisotopic (exact) mass is 347 g/mol. The number of aryl methyl sites for hydroxylation is 2. The summed E-state index contributed by atoms with van der Waals surface area (Å²) in [6.07, 6.45) is 6.00. The Bertz CT molecular complexity index is 687. The molecule has 1 saturated heterocycles. The molecule has 0 N–H and O–H groups in total. The predicted octanol–water partition coefficient (Wildman–Crippen LogP) is 3.68. The van der Waals surface area contributed by atoms with Crippen molar-refractivity contribution in [2.45, 2.75) is 58.1 Å². The highest BCUT2D eigenvalue weighted by atomic mass is 32.1. The Morgan fingerprint density at radius 2 is 2.17 bits per heavy atom. The molecule has 0 aromatic carbocycles. The van der Waals surface area contributed by atoms with Crippen molar-refractivity contribution in [3.8, 4) is 10.8 Å². The summed E-state index contributed by atoms with van der Waals surface area (Å²) >= 11 is 1.82. The van der Waals surface area contributed by atoms with E-state index in [2.05, 4.69) is 35.0 Å². The molecule has 0 saturated carbocycles. The number of rotatable bonds is 4. The molecule has 2 aromatic rings. The molecule has 1 atom stereocenters. The first-order valence-electron chi connectivity index (χ1n) is 8.96. The summed E-state index contributed by atoms with van der Waals surface area (Å²) in [6.45, 7) is 7.65. The highest BCUT2D eigenvalue weighted by molar-refractivity contribution is 7.15. The lowest BCUT2D eigenvalue weighted by molar-refractivity contribution is -0.103. The van der Waals surface area contributed by atoms with E-state index in [1.807, 2.05) is 11.3 Å². The second-order valence-electron chi connectivity index (χ2n) is 7.13. The van der Waals surface area contributed by atoms with Gasteiger partial charge in [0.2, 0.25) is 5.89 Å². The lowest BCUT2D eigenvalue weighted by Gasteiger charge is -2.39. The SMILES string of the molecule is CCC1(C)CN(Cc2nnc(-c3cc4c(s3)CCCC4)o2)CCO1. The van der Waals surface area contributed by atoms with Gasteiger partial charge in [-0.2, -0.15) is 0 Å². The van der Waals surface area contributed by atoms with Gasteiger partial charge in [0.15, 0.2) is 0 Å². The molecular formula is C18H25N3O2S. The first-order valence-corrected chi connectivity index (χ1v) is 9.77. The summed E-state index contributed by atoms with van der Waals surface area (Å²) in [7, 11) is 0. The topological polar surface area (TPSA) is 51.4 Å². The van der Waals surface area contributed by atoms with E-state index in [1.54, 1.807) is 0 Å². The van der Waals surface area contributed by atoms with Gasteiger partial charge in [0.05, 0.1) is 23.6 Å². The molecular weight excluding hydrogens is 322 g/mol. The number of hydrogen-bond acceptors (Lipinski definition) is 6. The molecule has 1 fully saturated rings. The summed E-state index contributed by atoms with van der Waals surface area (Å²) in [4.78, 5) is 4.98. The molecule has 6 heteroatoms. The molecule has 130 valence electrons. The number of nitrogens with zero attached hydrogens (tertiary/aromatic N) is 3. The van der Waals surface area contributed by atoms with Crippen molar-refractivity contribution in [2.24, 2.45) is 0 Å². The van der Waals surface area contributed by atoms with Crippen molar-refractivity contribution >= 4 is 11.3 Å². The largest absolute Gasteiger partial charge is 0.419 e. The zero-order chi connectivity index (χ0) is 16.6. The van der Waals surface area contributed by atoms with Crippen LogP contribution in [-0.4, -0.2) is 40.4 Å². The Balaban J connectivity index is 1.46. The first kappa shape index (κ1) is 16.2. The Hall–Kier alpha value is -1.24. The van der Waals surface area contributed by atoms with Gasteiger partial charge in [0, 0.05) is 18.0 Å². The van der Waals surface area contributed by atoms with Crippen LogP contribution in [0.1, 0.15) is 49.4 Å². The minimum Gasteiger partial charge on any atom is -0.419 e. The molecule has 1 unspecified atom stereocenters. The van der Waals surface area contributed by atoms with E-state index >= 15 is 0 Å². The molecule has 5 nitrogen and oxygen atoms in total. The average Bonchev–Trinajstić information content (AvgIpc) is 3.21. The second-order valence-corrected chi connectivity index (χ2v) is 8.27. The number of fused-ring (bicyclic) bond motifs is 1. The average molecular weight is 347 g/mol. The van der Waals surface area contributed by atoms with Crippen molar-refractivity contribution in [3.05, 3.63) is 22.4 Å². The van der Waals surface area contributed by atoms with Crippen molar-refractivity contribution < 1.29 is 9.15 Å². The molecule has 0 radical (unpaired) electrons. The van der Waals surface area contributed by atoms with Gasteiger partial charge in [0.25, 0.3) is 5.89 Å². The highest BCUT2D eigenvalue weighted by Gasteiger charge is 2.31. The molecule has 0 amide bonds. The van der Waals surface area contributed by atoms with E-state index in [9.17, 15) is 0 Å². The van der Waals surface area contributed by atoms with Crippen LogP contribution in [0.2, 0.25) is 0 Å². The van der Waals surface area contributed by atoms with E-state index in [4.69, 9.17) is 9.15 Å². The lowest BCUT2D eigenvalue weighted by atomic mass is 9.99. The summed E-state index contributed by atoms with van der Waals surface area (Å²) in [5.41, 5.74) is 1.42. The maximum atomic E-state index is 5.96. The Morgan fingerprint density at radius 3 is 3.00 bits per heavy atom. The summed E-state index contributed by atoms with van der Waals surface area (Å²) in [5.74, 6) is 1.38. The van der Waals surface area contributed by atoms with Crippen LogP contribution in [0.5, 0.6) is 0 Å². The maximum absolute atomic E-state index is 5.96. The third kappa shape index (κ3) is 3.27. The minimum absolute atomic E-state index is 0.0616. The number of ether oxygens (including phenoxy) is 1. The summed E-state index contributed by atoms with van der Waals surface area (Å²) < 4.78 is 11.9. The maximum Gasteiger partial charge on any atom is 0.257 e. The van der Waals surface area contributed by atoms with Crippen LogP contribution < -0.4 is 0 Å². The van der Waals surface area contributed by atoms with Gasteiger partial charge in [-0.1, -0.05) is 6.92 Å². The van der Waals surface area contributed by atoms with Crippen LogP contribution in [0.25, 0.3) is 10.8 Å². The van der Waals surface area contributed by atoms with Gasteiger partial charge in [0.1, 0.15) is 0 Å². The number of hydrogen-bond donors (Lipinski definition) is 0. The first-order chi connectivity index (χ1) is 11.6. The fourth-order valence-electron chi connectivity index (χ4n) is 3.57. The summed E-state index contributed by atoms with van der Waals surface area (Å²) in [6, 6.07) is 2.25. The molecule has 3 heterocycles. The quantitative estimate of drug-likeness (QED) is 0.844. The van der Waals surface area contributed by atoms with Crippen molar-refractivity contribution in [3.63, 3.8) is 0 Å². The molecule has 2 aromatic heterocycles. The van der Waals surface area contributed by atoms with Crippen LogP contribution in [0.15, 0.2) is 10.5 Å². The second kappa shape index (κ2) is 6.58. The third-order valence-electron chi connectivity index (χ3n) is 5.20. The van der Waals surface area contributed by atoms with Crippen LogP contribution in [0.3, 0.4) is 0 Å². The van der Waals surface area contributed by atoms with E-state index in [1.165, 1.54) is 36.1 Å². The number of aromatic nitrogens is 2. The number of thiophene rings is 1. The van der Waals surface area contributed by atoms with Crippen molar-refractivity contribution in [1.29, 1.82) is 0 Å². The molecule has 24 heavy (non-hydrogen) atoms. The molecule has 1 aliphatic heterocycles. The fraction of sp³-hybridized carbons (Fsp3) is 0.667. The predicted molar refractivity (Wildman–Crippen MR) is 94.2 cm³/mol. The molecule has 2 aliphatic rings. The van der Waals surface area contributed by atoms with Crippen LogP contribution in [0.4, 0.5) is 0 Å². The third-order valence-corrected chi connectivity index (χ3v) is 6.42. The van der Waals surface area contributed by atoms with Crippen molar-refractivity contribution in [2.75, 3.05) is 19.7 Å². The molecule has 0 bridgehead atoms. The minimum atomic E-state index is -0.0616. The molecule has 1 aliphatic carbocycles. The Kier molecular flexibility index (Phi) is 4.45. The normalized spacial score (nSPS) is 24.9. The van der Waals surface area contributed by atoms with Crippen LogP contribution in [-0.2, 0) is 24.1 Å². The van der Waals surface area contributed by atoms with Gasteiger partial charge in [-0.25, -0.2) is 0 Å². The van der Waals surface area contributed by atoms with Gasteiger partial charge >= 0.3 is 0 Å².